The van der Waals surface area contributed by atoms with E-state index in [2.05, 4.69) is 0 Å². The van der Waals surface area contributed by atoms with Gasteiger partial charge in [0.05, 0.1) is 25.7 Å². The van der Waals surface area contributed by atoms with Crippen LogP contribution < -0.4 is 0 Å². The molecular weight excluding hydrogens is 236 g/mol. The molecule has 0 spiro atoms. The summed E-state index contributed by atoms with van der Waals surface area (Å²) in [5, 5.41) is 9.07. The van der Waals surface area contributed by atoms with Crippen LogP contribution in [0.1, 0.15) is 12.8 Å². The zero-order valence-corrected chi connectivity index (χ0v) is 10.8. The summed E-state index contributed by atoms with van der Waals surface area (Å²) in [5.41, 5.74) is 0. The summed E-state index contributed by atoms with van der Waals surface area (Å²) in [6.45, 7) is 0.871. The van der Waals surface area contributed by atoms with Gasteiger partial charge in [-0.1, -0.05) is 0 Å². The normalized spacial score (nSPS) is 27.5. The highest BCUT2D eigenvalue weighted by Crippen LogP contribution is 2.26. The third kappa shape index (κ3) is 2.81. The number of hydrogen-bond acceptors (Lipinski definition) is 4. The van der Waals surface area contributed by atoms with Gasteiger partial charge in [-0.25, -0.2) is 0 Å². The summed E-state index contributed by atoms with van der Waals surface area (Å²) in [6.07, 6.45) is 2.16. The maximum Gasteiger partial charge on any atom is 0.310 e. The minimum Gasteiger partial charge on any atom is -0.481 e. The SMILES string of the molecule is CN(CC(=O)N(C)C1CC1)C1COCC1C(=O)O. The van der Waals surface area contributed by atoms with Gasteiger partial charge in [-0.05, 0) is 19.9 Å². The van der Waals surface area contributed by atoms with E-state index in [1.807, 2.05) is 7.05 Å². The second kappa shape index (κ2) is 5.24. The molecule has 1 heterocycles. The average molecular weight is 256 g/mol. The lowest BCUT2D eigenvalue weighted by molar-refractivity contribution is -0.144. The van der Waals surface area contributed by atoms with Gasteiger partial charge in [-0.2, -0.15) is 0 Å². The van der Waals surface area contributed by atoms with Gasteiger partial charge in [0.2, 0.25) is 5.91 Å². The van der Waals surface area contributed by atoms with Crippen molar-refractivity contribution in [3.63, 3.8) is 0 Å². The van der Waals surface area contributed by atoms with Crippen molar-refractivity contribution in [2.24, 2.45) is 5.92 Å². The van der Waals surface area contributed by atoms with E-state index in [0.717, 1.165) is 12.8 Å². The second-order valence-corrected chi connectivity index (χ2v) is 5.20. The average Bonchev–Trinajstić information content (AvgIpc) is 3.03. The molecule has 2 fully saturated rings. The minimum atomic E-state index is -0.854. The van der Waals surface area contributed by atoms with Gasteiger partial charge >= 0.3 is 5.97 Å². The van der Waals surface area contributed by atoms with Crippen molar-refractivity contribution in [1.82, 2.24) is 9.80 Å². The number of amides is 1. The van der Waals surface area contributed by atoms with E-state index in [1.54, 1.807) is 16.8 Å². The minimum absolute atomic E-state index is 0.0519. The van der Waals surface area contributed by atoms with E-state index in [4.69, 9.17) is 9.84 Å². The van der Waals surface area contributed by atoms with Gasteiger partial charge in [-0.15, -0.1) is 0 Å². The molecule has 0 bridgehead atoms. The molecule has 1 N–H and O–H groups in total. The Kier molecular flexibility index (Phi) is 3.87. The predicted octanol–water partition coefficient (Wildman–Crippen LogP) is -0.361. The fourth-order valence-corrected chi connectivity index (χ4v) is 2.32. The lowest BCUT2D eigenvalue weighted by Crippen LogP contribution is -2.46. The third-order valence-corrected chi connectivity index (χ3v) is 3.81. The lowest BCUT2D eigenvalue weighted by Gasteiger charge is -2.27. The molecule has 0 aromatic rings. The smallest absolute Gasteiger partial charge is 0.310 e. The van der Waals surface area contributed by atoms with Gasteiger partial charge in [0, 0.05) is 19.1 Å². The molecule has 0 aromatic heterocycles. The van der Waals surface area contributed by atoms with E-state index in [9.17, 15) is 9.59 Å². The Balaban J connectivity index is 1.88. The van der Waals surface area contributed by atoms with Gasteiger partial charge in [0.15, 0.2) is 0 Å². The van der Waals surface area contributed by atoms with Crippen LogP contribution >= 0.6 is 0 Å². The number of likely N-dealkylation sites (N-methyl/N-ethyl adjacent to an activating group) is 2. The Bertz CT molecular complexity index is 343. The van der Waals surface area contributed by atoms with Crippen LogP contribution in [0.3, 0.4) is 0 Å². The molecule has 1 aliphatic carbocycles. The highest BCUT2D eigenvalue weighted by molar-refractivity contribution is 5.79. The predicted molar refractivity (Wildman–Crippen MR) is 64.2 cm³/mol. The largest absolute Gasteiger partial charge is 0.481 e. The number of ether oxygens (including phenoxy) is 1. The summed E-state index contributed by atoms with van der Waals surface area (Å²) in [5.74, 6) is -1.34. The van der Waals surface area contributed by atoms with Crippen LogP contribution in [-0.2, 0) is 14.3 Å². The van der Waals surface area contributed by atoms with Gasteiger partial charge in [0.1, 0.15) is 0 Å². The molecule has 18 heavy (non-hydrogen) atoms. The van der Waals surface area contributed by atoms with Crippen LogP contribution in [0.15, 0.2) is 0 Å². The first-order valence-corrected chi connectivity index (χ1v) is 6.27. The van der Waals surface area contributed by atoms with Gasteiger partial charge in [-0.3, -0.25) is 14.5 Å². The number of carbonyl (C=O) groups excluding carboxylic acids is 1. The summed E-state index contributed by atoms with van der Waals surface area (Å²) < 4.78 is 5.21. The molecule has 1 amide bonds. The molecular formula is C12H20N2O4. The summed E-state index contributed by atoms with van der Waals surface area (Å²) in [4.78, 5) is 26.6. The topological polar surface area (TPSA) is 70.1 Å². The molecule has 6 heteroatoms. The number of aliphatic carboxylic acids is 1. The van der Waals surface area contributed by atoms with Gasteiger partial charge in [0.25, 0.3) is 0 Å². The zero-order valence-electron chi connectivity index (χ0n) is 10.8. The maximum atomic E-state index is 12.0. The molecule has 1 saturated carbocycles. The summed E-state index contributed by atoms with van der Waals surface area (Å²) in [7, 11) is 3.60. The van der Waals surface area contributed by atoms with Crippen LogP contribution in [-0.4, -0.2) is 72.7 Å². The van der Waals surface area contributed by atoms with Crippen LogP contribution in [0.5, 0.6) is 0 Å². The molecule has 6 nitrogen and oxygen atoms in total. The summed E-state index contributed by atoms with van der Waals surface area (Å²) >= 11 is 0. The highest BCUT2D eigenvalue weighted by Gasteiger charge is 2.38. The van der Waals surface area contributed by atoms with E-state index in [1.165, 1.54) is 0 Å². The fourth-order valence-electron chi connectivity index (χ4n) is 2.32. The van der Waals surface area contributed by atoms with Crippen molar-refractivity contribution >= 4 is 11.9 Å². The molecule has 2 rings (SSSR count). The quantitative estimate of drug-likeness (QED) is 0.727. The van der Waals surface area contributed by atoms with Crippen molar-refractivity contribution in [3.8, 4) is 0 Å². The first kappa shape index (κ1) is 13.3. The molecule has 1 saturated heterocycles. The number of hydrogen-bond donors (Lipinski definition) is 1. The Morgan fingerprint density at radius 3 is 2.50 bits per heavy atom. The zero-order chi connectivity index (χ0) is 13.3. The van der Waals surface area contributed by atoms with Crippen molar-refractivity contribution < 1.29 is 19.4 Å². The van der Waals surface area contributed by atoms with Crippen molar-refractivity contribution in [3.05, 3.63) is 0 Å². The van der Waals surface area contributed by atoms with Crippen LogP contribution in [0, 0.1) is 5.92 Å². The third-order valence-electron chi connectivity index (χ3n) is 3.81. The number of carbonyl (C=O) groups is 2. The highest BCUT2D eigenvalue weighted by atomic mass is 16.5. The lowest BCUT2D eigenvalue weighted by atomic mass is 10.0. The molecule has 102 valence electrons. The second-order valence-electron chi connectivity index (χ2n) is 5.20. The molecule has 2 aliphatic rings. The molecule has 1 aliphatic heterocycles. The first-order valence-electron chi connectivity index (χ1n) is 6.27. The standard InChI is InChI=1S/C12H20N2O4/c1-13(5-11(15)14(2)8-3-4-8)10-7-18-6-9(10)12(16)17/h8-10H,3-7H2,1-2H3,(H,16,17). The van der Waals surface area contributed by atoms with E-state index >= 15 is 0 Å². The van der Waals surface area contributed by atoms with E-state index in [0.29, 0.717) is 12.6 Å². The molecule has 0 aromatic carbocycles. The number of rotatable bonds is 5. The maximum absolute atomic E-state index is 12.0. The van der Waals surface area contributed by atoms with Crippen molar-refractivity contribution in [2.75, 3.05) is 33.9 Å². The van der Waals surface area contributed by atoms with E-state index < -0.39 is 11.9 Å². The van der Waals surface area contributed by atoms with Crippen molar-refractivity contribution in [1.29, 1.82) is 0 Å². The van der Waals surface area contributed by atoms with Crippen LogP contribution in [0.2, 0.25) is 0 Å². The Labute approximate surface area is 106 Å². The van der Waals surface area contributed by atoms with Crippen LogP contribution in [0.4, 0.5) is 0 Å². The number of carboxylic acid groups (broad SMARTS) is 1. The number of nitrogens with zero attached hydrogens (tertiary/aromatic N) is 2. The van der Waals surface area contributed by atoms with Crippen molar-refractivity contribution in [2.45, 2.75) is 24.9 Å². The molecule has 2 atom stereocenters. The number of carboxylic acids is 1. The first-order chi connectivity index (χ1) is 8.50. The van der Waals surface area contributed by atoms with Crippen LogP contribution in [0.25, 0.3) is 0 Å². The monoisotopic (exact) mass is 256 g/mol. The van der Waals surface area contributed by atoms with E-state index in [-0.39, 0.29) is 25.1 Å². The molecule has 2 unspecified atom stereocenters. The molecule has 0 radical (unpaired) electrons. The van der Waals surface area contributed by atoms with Gasteiger partial charge < -0.3 is 14.7 Å². The fraction of sp³-hybridized carbons (Fsp3) is 0.833. The Morgan fingerprint density at radius 1 is 1.28 bits per heavy atom. The Morgan fingerprint density at radius 2 is 1.94 bits per heavy atom. The summed E-state index contributed by atoms with van der Waals surface area (Å²) in [6, 6.07) is 0.181. The Hall–Kier alpha value is -1.14.